The van der Waals surface area contributed by atoms with Crippen molar-refractivity contribution in [3.05, 3.63) is 23.5 Å². The van der Waals surface area contributed by atoms with Gasteiger partial charge in [-0.2, -0.15) is 0 Å². The lowest BCUT2D eigenvalue weighted by Crippen LogP contribution is -2.37. The van der Waals surface area contributed by atoms with Gasteiger partial charge in [0.15, 0.2) is 0 Å². The summed E-state index contributed by atoms with van der Waals surface area (Å²) in [5.41, 5.74) is 5.95. The van der Waals surface area contributed by atoms with E-state index in [0.717, 1.165) is 6.61 Å². The molecule has 15 heavy (non-hydrogen) atoms. The van der Waals surface area contributed by atoms with Crippen molar-refractivity contribution >= 4 is 0 Å². The number of nitrogens with zero attached hydrogens (tertiary/aromatic N) is 1. The van der Waals surface area contributed by atoms with Crippen LogP contribution in [-0.2, 0) is 4.74 Å². The molecule has 0 aliphatic rings. The fourth-order valence-electron chi connectivity index (χ4n) is 1.60. The number of rotatable bonds is 5. The summed E-state index contributed by atoms with van der Waals surface area (Å²) >= 11 is 0. The highest BCUT2D eigenvalue weighted by Gasteiger charge is 2.14. The Morgan fingerprint density at radius 2 is 1.80 bits per heavy atom. The summed E-state index contributed by atoms with van der Waals surface area (Å²) in [4.78, 5) is 0. The van der Waals surface area contributed by atoms with E-state index in [9.17, 15) is 0 Å². The van der Waals surface area contributed by atoms with Gasteiger partial charge < -0.3 is 10.2 Å². The standard InChI is InChI=1S/C12H22N2O/c1-9(2)12(8-15-5)13-14-10(3)6-7-11(14)4/h6-7,9,12-13H,8H2,1-5H3. The van der Waals surface area contributed by atoms with Crippen LogP contribution in [0.25, 0.3) is 0 Å². The maximum atomic E-state index is 5.22. The van der Waals surface area contributed by atoms with Gasteiger partial charge in [-0.15, -0.1) is 0 Å². The van der Waals surface area contributed by atoms with Gasteiger partial charge in [-0.3, -0.25) is 4.68 Å². The van der Waals surface area contributed by atoms with Crippen LogP contribution in [0.3, 0.4) is 0 Å². The third kappa shape index (κ3) is 2.99. The Morgan fingerprint density at radius 1 is 1.27 bits per heavy atom. The minimum atomic E-state index is 0.347. The van der Waals surface area contributed by atoms with Gasteiger partial charge in [0.05, 0.1) is 12.6 Å². The molecule has 3 nitrogen and oxygen atoms in total. The largest absolute Gasteiger partial charge is 0.382 e. The maximum Gasteiger partial charge on any atom is 0.0682 e. The Labute approximate surface area is 92.4 Å². The molecule has 0 radical (unpaired) electrons. The lowest BCUT2D eigenvalue weighted by Gasteiger charge is -2.25. The third-order valence-electron chi connectivity index (χ3n) is 2.72. The molecule has 0 aliphatic heterocycles. The summed E-state index contributed by atoms with van der Waals surface area (Å²) in [5, 5.41) is 0. The first-order valence-corrected chi connectivity index (χ1v) is 5.46. The number of hydrogen-bond donors (Lipinski definition) is 1. The van der Waals surface area contributed by atoms with E-state index in [-0.39, 0.29) is 0 Å². The Balaban J connectivity index is 2.73. The molecule has 1 aromatic rings. The molecule has 0 aliphatic carbocycles. The smallest absolute Gasteiger partial charge is 0.0682 e. The molecular formula is C12H22N2O. The molecule has 0 bridgehead atoms. The Bertz CT molecular complexity index is 285. The van der Waals surface area contributed by atoms with E-state index < -0.39 is 0 Å². The molecule has 0 saturated heterocycles. The van der Waals surface area contributed by atoms with E-state index in [4.69, 9.17) is 4.74 Å². The normalized spacial score (nSPS) is 13.2. The van der Waals surface area contributed by atoms with E-state index in [1.165, 1.54) is 11.4 Å². The van der Waals surface area contributed by atoms with Gasteiger partial charge in [-0.1, -0.05) is 13.8 Å². The van der Waals surface area contributed by atoms with Gasteiger partial charge in [-0.05, 0) is 31.9 Å². The van der Waals surface area contributed by atoms with Crippen molar-refractivity contribution in [3.8, 4) is 0 Å². The van der Waals surface area contributed by atoms with Crippen molar-refractivity contribution < 1.29 is 4.74 Å². The van der Waals surface area contributed by atoms with Crippen LogP contribution in [0.4, 0.5) is 0 Å². The maximum absolute atomic E-state index is 5.22. The van der Waals surface area contributed by atoms with Gasteiger partial charge in [-0.25, -0.2) is 0 Å². The molecule has 0 saturated carbocycles. The van der Waals surface area contributed by atoms with Crippen molar-refractivity contribution in [1.29, 1.82) is 0 Å². The number of nitrogens with one attached hydrogen (secondary N) is 1. The van der Waals surface area contributed by atoms with E-state index >= 15 is 0 Å². The van der Waals surface area contributed by atoms with Gasteiger partial charge in [0.25, 0.3) is 0 Å². The summed E-state index contributed by atoms with van der Waals surface area (Å²) < 4.78 is 7.35. The minimum absolute atomic E-state index is 0.347. The number of aromatic nitrogens is 1. The number of aryl methyl sites for hydroxylation is 2. The van der Waals surface area contributed by atoms with E-state index in [1.807, 2.05) is 0 Å². The van der Waals surface area contributed by atoms with E-state index in [1.54, 1.807) is 7.11 Å². The fraction of sp³-hybridized carbons (Fsp3) is 0.667. The van der Waals surface area contributed by atoms with Crippen molar-refractivity contribution in [2.24, 2.45) is 5.92 Å². The van der Waals surface area contributed by atoms with Crippen molar-refractivity contribution in [2.45, 2.75) is 33.7 Å². The molecule has 3 heteroatoms. The van der Waals surface area contributed by atoms with Crippen LogP contribution >= 0.6 is 0 Å². The molecule has 86 valence electrons. The van der Waals surface area contributed by atoms with Crippen LogP contribution in [0, 0.1) is 19.8 Å². The van der Waals surface area contributed by atoms with Crippen LogP contribution in [-0.4, -0.2) is 24.4 Å². The molecule has 0 amide bonds. The summed E-state index contributed by atoms with van der Waals surface area (Å²) in [7, 11) is 1.74. The Kier molecular flexibility index (Phi) is 4.21. The minimum Gasteiger partial charge on any atom is -0.382 e. The first-order valence-electron chi connectivity index (χ1n) is 5.46. The molecule has 0 fully saturated rings. The first kappa shape index (κ1) is 12.1. The Morgan fingerprint density at radius 3 is 2.20 bits per heavy atom. The average Bonchev–Trinajstić information content (AvgIpc) is 2.48. The topological polar surface area (TPSA) is 26.2 Å². The zero-order valence-corrected chi connectivity index (χ0v) is 10.4. The van der Waals surface area contributed by atoms with Gasteiger partial charge >= 0.3 is 0 Å². The summed E-state index contributed by atoms with van der Waals surface area (Å²) in [6, 6.07) is 4.58. The SMILES string of the molecule is COCC(Nn1c(C)ccc1C)C(C)C. The number of ether oxygens (including phenoxy) is 1. The second-order valence-electron chi connectivity index (χ2n) is 4.39. The molecular weight excluding hydrogens is 188 g/mol. The van der Waals surface area contributed by atoms with E-state index in [2.05, 4.69) is 49.9 Å². The van der Waals surface area contributed by atoms with Crippen LogP contribution in [0.5, 0.6) is 0 Å². The molecule has 1 N–H and O–H groups in total. The zero-order valence-electron chi connectivity index (χ0n) is 10.4. The molecule has 0 aromatic carbocycles. The monoisotopic (exact) mass is 210 g/mol. The molecule has 1 unspecified atom stereocenters. The van der Waals surface area contributed by atoms with Crippen molar-refractivity contribution in [2.75, 3.05) is 19.1 Å². The van der Waals surface area contributed by atoms with Crippen molar-refractivity contribution in [3.63, 3.8) is 0 Å². The molecule has 1 heterocycles. The van der Waals surface area contributed by atoms with Crippen LogP contribution in [0.1, 0.15) is 25.2 Å². The highest BCUT2D eigenvalue weighted by Crippen LogP contribution is 2.09. The summed E-state index contributed by atoms with van der Waals surface area (Å²) in [6.07, 6.45) is 0. The molecule has 0 spiro atoms. The fourth-order valence-corrected chi connectivity index (χ4v) is 1.60. The first-order chi connectivity index (χ1) is 7.06. The van der Waals surface area contributed by atoms with Crippen LogP contribution in [0.15, 0.2) is 12.1 Å². The number of methoxy groups -OCH3 is 1. The van der Waals surface area contributed by atoms with Gasteiger partial charge in [0.2, 0.25) is 0 Å². The predicted octanol–water partition coefficient (Wildman–Crippen LogP) is 2.32. The van der Waals surface area contributed by atoms with Gasteiger partial charge in [0.1, 0.15) is 0 Å². The second kappa shape index (κ2) is 5.21. The summed E-state index contributed by atoms with van der Waals surface area (Å²) in [5.74, 6) is 0.547. The Hall–Kier alpha value is -0.960. The van der Waals surface area contributed by atoms with Gasteiger partial charge in [0, 0.05) is 18.5 Å². The second-order valence-corrected chi connectivity index (χ2v) is 4.39. The molecule has 1 aromatic heterocycles. The lowest BCUT2D eigenvalue weighted by molar-refractivity contribution is 0.166. The lowest BCUT2D eigenvalue weighted by atomic mass is 10.1. The highest BCUT2D eigenvalue weighted by atomic mass is 16.5. The molecule has 1 atom stereocenters. The van der Waals surface area contributed by atoms with Crippen molar-refractivity contribution in [1.82, 2.24) is 4.68 Å². The van der Waals surface area contributed by atoms with E-state index in [0.29, 0.717) is 12.0 Å². The molecule has 1 rings (SSSR count). The van der Waals surface area contributed by atoms with Crippen LogP contribution in [0.2, 0.25) is 0 Å². The highest BCUT2D eigenvalue weighted by molar-refractivity contribution is 5.16. The third-order valence-corrected chi connectivity index (χ3v) is 2.72. The average molecular weight is 210 g/mol. The summed E-state index contributed by atoms with van der Waals surface area (Å²) in [6.45, 7) is 9.33. The van der Waals surface area contributed by atoms with Crippen LogP contribution < -0.4 is 5.43 Å². The number of hydrogen-bond acceptors (Lipinski definition) is 2. The predicted molar refractivity (Wildman–Crippen MR) is 63.8 cm³/mol. The quantitative estimate of drug-likeness (QED) is 0.807. The zero-order chi connectivity index (χ0) is 11.4.